The Kier molecular flexibility index (Phi) is 6.92. The highest BCUT2D eigenvalue weighted by atomic mass is 32.2. The summed E-state index contributed by atoms with van der Waals surface area (Å²) in [5, 5.41) is 0. The number of esters is 1. The Morgan fingerprint density at radius 1 is 1.14 bits per heavy atom. The molecule has 0 radical (unpaired) electrons. The Labute approximate surface area is 222 Å². The smallest absolute Gasteiger partial charge is 0.338 e. The molecule has 7 nitrogen and oxygen atoms in total. The highest BCUT2D eigenvalue weighted by Crippen LogP contribution is 2.36. The SMILES string of the molecule is CCCCN1C(=O)C(=c2sc3n(c2=O)C(c2ccc(SC)cc2)C(C(=O)OC)=C(C)N=3)c2ccccc21. The molecular formula is C28H27N3O4S2. The molecule has 0 saturated carbocycles. The summed E-state index contributed by atoms with van der Waals surface area (Å²) in [6.45, 7) is 4.42. The summed E-state index contributed by atoms with van der Waals surface area (Å²) < 4.78 is 6.96. The summed E-state index contributed by atoms with van der Waals surface area (Å²) in [5.41, 5.74) is 3.20. The Morgan fingerprint density at radius 3 is 2.54 bits per heavy atom. The number of anilines is 1. The molecule has 1 amide bonds. The second kappa shape index (κ2) is 10.1. The number of fused-ring (bicyclic) bond motifs is 2. The zero-order valence-electron chi connectivity index (χ0n) is 21.1. The van der Waals surface area contributed by atoms with Gasteiger partial charge in [0.25, 0.3) is 11.5 Å². The predicted octanol–water partition coefficient (Wildman–Crippen LogP) is 3.65. The fraction of sp³-hybridized carbons (Fsp3) is 0.286. The van der Waals surface area contributed by atoms with Crippen LogP contribution in [0.2, 0.25) is 0 Å². The molecule has 5 rings (SSSR count). The molecule has 0 N–H and O–H groups in total. The van der Waals surface area contributed by atoms with E-state index in [0.29, 0.717) is 32.7 Å². The van der Waals surface area contributed by atoms with Gasteiger partial charge in [-0.15, -0.1) is 11.8 Å². The van der Waals surface area contributed by atoms with Crippen molar-refractivity contribution < 1.29 is 14.3 Å². The molecule has 0 aliphatic carbocycles. The fourth-order valence-corrected chi connectivity index (χ4v) is 6.43. The number of allylic oxidation sites excluding steroid dienone is 1. The van der Waals surface area contributed by atoms with Crippen molar-refractivity contribution in [3.05, 3.63) is 90.6 Å². The van der Waals surface area contributed by atoms with E-state index in [1.54, 1.807) is 23.6 Å². The molecule has 0 fully saturated rings. The van der Waals surface area contributed by atoms with Gasteiger partial charge >= 0.3 is 5.97 Å². The summed E-state index contributed by atoms with van der Waals surface area (Å²) in [7, 11) is 1.32. The maximum atomic E-state index is 14.1. The molecule has 0 saturated heterocycles. The number of thiazole rings is 1. The van der Waals surface area contributed by atoms with Crippen LogP contribution >= 0.6 is 23.1 Å². The Balaban J connectivity index is 1.78. The van der Waals surface area contributed by atoms with E-state index < -0.39 is 12.0 Å². The summed E-state index contributed by atoms with van der Waals surface area (Å²) >= 11 is 2.80. The number of unbranched alkanes of at least 4 members (excludes halogenated alkanes) is 1. The molecule has 9 heteroatoms. The first-order chi connectivity index (χ1) is 17.9. The standard InChI is InChI=1S/C28H27N3O4S2/c1-5-6-15-30-20-10-8-7-9-19(20)22(25(30)32)24-26(33)31-23(17-11-13-18(36-4)14-12-17)21(27(34)35-3)16(2)29-28(31)37-24/h7-14,23H,5-6,15H2,1-4H3. The van der Waals surface area contributed by atoms with Crippen LogP contribution in [0, 0.1) is 0 Å². The first-order valence-electron chi connectivity index (χ1n) is 12.1. The number of hydrogen-bond donors (Lipinski definition) is 0. The van der Waals surface area contributed by atoms with Gasteiger partial charge in [0, 0.05) is 17.0 Å². The van der Waals surface area contributed by atoms with Gasteiger partial charge in [-0.1, -0.05) is 55.0 Å². The van der Waals surface area contributed by atoms with Gasteiger partial charge in [0.2, 0.25) is 0 Å². The lowest BCUT2D eigenvalue weighted by Gasteiger charge is -2.24. The third-order valence-corrected chi connectivity index (χ3v) is 8.52. The van der Waals surface area contributed by atoms with Crippen LogP contribution in [0.5, 0.6) is 0 Å². The molecule has 190 valence electrons. The summed E-state index contributed by atoms with van der Waals surface area (Å²) in [5.74, 6) is -0.712. The van der Waals surface area contributed by atoms with Gasteiger partial charge in [-0.2, -0.15) is 0 Å². The monoisotopic (exact) mass is 533 g/mol. The van der Waals surface area contributed by atoms with Gasteiger partial charge in [-0.3, -0.25) is 14.2 Å². The highest BCUT2D eigenvalue weighted by Gasteiger charge is 2.37. The van der Waals surface area contributed by atoms with Gasteiger partial charge in [0.05, 0.1) is 35.7 Å². The third kappa shape index (κ3) is 4.16. The minimum atomic E-state index is -0.711. The number of carbonyl (C=O) groups is 2. The molecule has 0 spiro atoms. The van der Waals surface area contributed by atoms with Gasteiger partial charge in [0.15, 0.2) is 4.80 Å². The molecule has 0 bridgehead atoms. The molecule has 2 aromatic carbocycles. The second-order valence-electron chi connectivity index (χ2n) is 8.87. The van der Waals surface area contributed by atoms with Crippen molar-refractivity contribution in [2.75, 3.05) is 24.8 Å². The molecule has 1 unspecified atom stereocenters. The van der Waals surface area contributed by atoms with Gasteiger partial charge in [0.1, 0.15) is 4.53 Å². The lowest BCUT2D eigenvalue weighted by molar-refractivity contribution is -0.136. The van der Waals surface area contributed by atoms with Crippen LogP contribution in [0.15, 0.2) is 74.5 Å². The van der Waals surface area contributed by atoms with Gasteiger partial charge in [-0.25, -0.2) is 9.79 Å². The van der Waals surface area contributed by atoms with Crippen molar-refractivity contribution in [2.24, 2.45) is 4.99 Å². The van der Waals surface area contributed by atoms with E-state index in [-0.39, 0.29) is 11.5 Å². The van der Waals surface area contributed by atoms with Crippen molar-refractivity contribution in [3.8, 4) is 0 Å². The Hall–Kier alpha value is -3.43. The van der Waals surface area contributed by atoms with Crippen LogP contribution in [0.4, 0.5) is 5.69 Å². The summed E-state index contributed by atoms with van der Waals surface area (Å²) in [6, 6.07) is 14.6. The first-order valence-corrected chi connectivity index (χ1v) is 14.1. The van der Waals surface area contributed by atoms with Gasteiger partial charge < -0.3 is 9.64 Å². The second-order valence-corrected chi connectivity index (χ2v) is 10.7. The average Bonchev–Trinajstić information content (AvgIpc) is 3.38. The number of para-hydroxylation sites is 1. The van der Waals surface area contributed by atoms with Crippen LogP contribution in [0.1, 0.15) is 43.9 Å². The van der Waals surface area contributed by atoms with E-state index in [1.165, 1.54) is 23.0 Å². The number of rotatable bonds is 6. The normalized spacial score (nSPS) is 18.0. The quantitative estimate of drug-likeness (QED) is 0.357. The van der Waals surface area contributed by atoms with Crippen LogP contribution < -0.4 is 19.8 Å². The number of benzene rings is 2. The highest BCUT2D eigenvalue weighted by molar-refractivity contribution is 7.98. The predicted molar refractivity (Wildman–Crippen MR) is 147 cm³/mol. The lowest BCUT2D eigenvalue weighted by atomic mass is 9.96. The van der Waals surface area contributed by atoms with E-state index in [9.17, 15) is 14.4 Å². The number of aromatic nitrogens is 1. The van der Waals surface area contributed by atoms with E-state index in [4.69, 9.17) is 4.74 Å². The number of amides is 1. The first kappa shape index (κ1) is 25.2. The molecule has 3 aromatic rings. The maximum absolute atomic E-state index is 14.1. The maximum Gasteiger partial charge on any atom is 0.338 e. The van der Waals surface area contributed by atoms with Crippen LogP contribution in [-0.2, 0) is 14.3 Å². The minimum absolute atomic E-state index is 0.176. The molecule has 37 heavy (non-hydrogen) atoms. The lowest BCUT2D eigenvalue weighted by Crippen LogP contribution is -2.40. The number of methoxy groups -OCH3 is 1. The van der Waals surface area contributed by atoms with E-state index >= 15 is 0 Å². The topological polar surface area (TPSA) is 81.0 Å². The number of carbonyl (C=O) groups excluding carboxylic acids is 2. The molecular weight excluding hydrogens is 506 g/mol. The average molecular weight is 534 g/mol. The van der Waals surface area contributed by atoms with E-state index in [1.807, 2.05) is 54.8 Å². The summed E-state index contributed by atoms with van der Waals surface area (Å²) in [4.78, 5) is 48.6. The van der Waals surface area contributed by atoms with Crippen molar-refractivity contribution >= 4 is 46.2 Å². The summed E-state index contributed by atoms with van der Waals surface area (Å²) in [6.07, 6.45) is 3.81. The molecule has 2 aliphatic heterocycles. The number of ether oxygens (including phenoxy) is 1. The zero-order chi connectivity index (χ0) is 26.3. The van der Waals surface area contributed by atoms with Crippen LogP contribution in [0.3, 0.4) is 0 Å². The number of nitrogens with zero attached hydrogens (tertiary/aromatic N) is 3. The number of thioether (sulfide) groups is 1. The largest absolute Gasteiger partial charge is 0.466 e. The van der Waals surface area contributed by atoms with Crippen LogP contribution in [0.25, 0.3) is 5.57 Å². The molecule has 1 aromatic heterocycles. The minimum Gasteiger partial charge on any atom is -0.466 e. The zero-order valence-corrected chi connectivity index (χ0v) is 22.7. The number of hydrogen-bond acceptors (Lipinski definition) is 7. The van der Waals surface area contributed by atoms with E-state index in [2.05, 4.69) is 11.9 Å². The third-order valence-electron chi connectivity index (χ3n) is 6.72. The Bertz CT molecular complexity index is 1620. The molecule has 1 atom stereocenters. The van der Waals surface area contributed by atoms with E-state index in [0.717, 1.165) is 34.6 Å². The molecule has 2 aliphatic rings. The van der Waals surface area contributed by atoms with Crippen molar-refractivity contribution in [3.63, 3.8) is 0 Å². The fourth-order valence-electron chi connectivity index (χ4n) is 4.88. The van der Waals surface area contributed by atoms with Crippen molar-refractivity contribution in [1.82, 2.24) is 4.57 Å². The Morgan fingerprint density at radius 2 is 1.86 bits per heavy atom. The van der Waals surface area contributed by atoms with Crippen molar-refractivity contribution in [1.29, 1.82) is 0 Å². The van der Waals surface area contributed by atoms with Crippen molar-refractivity contribution in [2.45, 2.75) is 37.6 Å². The van der Waals surface area contributed by atoms with Crippen LogP contribution in [-0.4, -0.2) is 36.4 Å². The van der Waals surface area contributed by atoms with Gasteiger partial charge in [-0.05, 0) is 43.4 Å². The molecule has 3 heterocycles.